The lowest BCUT2D eigenvalue weighted by Gasteiger charge is -2.35. The number of nitrogens with one attached hydrogen (secondary N) is 1. The van der Waals surface area contributed by atoms with Crippen molar-refractivity contribution in [3.05, 3.63) is 10.4 Å². The van der Waals surface area contributed by atoms with Gasteiger partial charge in [-0.15, -0.1) is 0 Å². The van der Waals surface area contributed by atoms with Crippen LogP contribution in [0.3, 0.4) is 0 Å². The number of azide groups is 1. The van der Waals surface area contributed by atoms with E-state index in [1.54, 1.807) is 6.92 Å². The number of rotatable bonds is 4. The Kier molecular flexibility index (Phi) is 4.54. The van der Waals surface area contributed by atoms with Crippen LogP contribution in [-0.2, 0) is 9.53 Å². The summed E-state index contributed by atoms with van der Waals surface area (Å²) in [5.74, 6) is -0.662. The molecule has 1 saturated heterocycles. The average Bonchev–Trinajstić information content (AvgIpc) is 2.27. The highest BCUT2D eigenvalue weighted by molar-refractivity contribution is 5.77. The number of carbonyl (C=O) groups is 1. The van der Waals surface area contributed by atoms with Gasteiger partial charge in [-0.25, -0.2) is 0 Å². The first-order valence-electron chi connectivity index (χ1n) is 5.28. The summed E-state index contributed by atoms with van der Waals surface area (Å²) in [6.45, 7) is 3.04. The summed E-state index contributed by atoms with van der Waals surface area (Å²) < 4.78 is 4.79. The first-order valence-corrected chi connectivity index (χ1v) is 5.28. The monoisotopic (exact) mass is 228 g/mol. The van der Waals surface area contributed by atoms with Crippen molar-refractivity contribution in [1.29, 1.82) is 0 Å². The molecule has 0 aliphatic carbocycles. The largest absolute Gasteiger partial charge is 0.466 e. The maximum absolute atomic E-state index is 11.6. The highest BCUT2D eigenvalue weighted by atomic mass is 16.5. The predicted molar refractivity (Wildman–Crippen MR) is 56.6 cm³/mol. The molecule has 0 amide bonds. The highest BCUT2D eigenvalue weighted by Crippen LogP contribution is 2.25. The van der Waals surface area contributed by atoms with Gasteiger partial charge in [-0.1, -0.05) is 5.11 Å². The fourth-order valence-electron chi connectivity index (χ4n) is 1.78. The van der Waals surface area contributed by atoms with Crippen LogP contribution in [0.5, 0.6) is 0 Å². The van der Waals surface area contributed by atoms with Crippen LogP contribution in [0.1, 0.15) is 19.8 Å². The molecule has 1 aliphatic rings. The molecule has 1 atom stereocenters. The molecule has 7 nitrogen and oxygen atoms in total. The molecule has 1 aliphatic heterocycles. The molecule has 0 aromatic rings. The van der Waals surface area contributed by atoms with Gasteiger partial charge in [-0.2, -0.15) is 0 Å². The van der Waals surface area contributed by atoms with E-state index in [2.05, 4.69) is 15.3 Å². The quantitative estimate of drug-likeness (QED) is 0.313. The van der Waals surface area contributed by atoms with Gasteiger partial charge in [0.2, 0.25) is 0 Å². The highest BCUT2D eigenvalue weighted by Gasteiger charge is 2.42. The molecule has 1 heterocycles. The Balaban J connectivity index is 2.82. The fraction of sp³-hybridized carbons (Fsp3) is 0.889. The van der Waals surface area contributed by atoms with Crippen molar-refractivity contribution in [1.82, 2.24) is 5.32 Å². The Morgan fingerprint density at radius 2 is 2.31 bits per heavy atom. The van der Waals surface area contributed by atoms with E-state index in [1.807, 2.05) is 0 Å². The molecular formula is C9H16N4O3. The van der Waals surface area contributed by atoms with Crippen molar-refractivity contribution < 1.29 is 14.6 Å². The van der Waals surface area contributed by atoms with E-state index in [1.165, 1.54) is 0 Å². The molecule has 0 radical (unpaired) electrons. The van der Waals surface area contributed by atoms with Crippen molar-refractivity contribution in [3.63, 3.8) is 0 Å². The van der Waals surface area contributed by atoms with E-state index in [4.69, 9.17) is 10.3 Å². The normalized spacial score (nSPS) is 20.6. The van der Waals surface area contributed by atoms with E-state index >= 15 is 0 Å². The van der Waals surface area contributed by atoms with E-state index < -0.39 is 17.6 Å². The van der Waals surface area contributed by atoms with Crippen LogP contribution < -0.4 is 5.32 Å². The molecule has 2 N–H and O–H groups in total. The number of piperidine rings is 1. The van der Waals surface area contributed by atoms with Gasteiger partial charge in [0.25, 0.3) is 0 Å². The van der Waals surface area contributed by atoms with Gasteiger partial charge < -0.3 is 15.2 Å². The first kappa shape index (κ1) is 12.8. The molecule has 1 rings (SSSR count). The van der Waals surface area contributed by atoms with Crippen molar-refractivity contribution in [2.24, 2.45) is 5.11 Å². The minimum atomic E-state index is -1.29. The molecule has 1 unspecified atom stereocenters. The van der Waals surface area contributed by atoms with Crippen molar-refractivity contribution in [2.75, 3.05) is 19.7 Å². The lowest BCUT2D eigenvalue weighted by Crippen LogP contribution is -2.52. The van der Waals surface area contributed by atoms with Crippen LogP contribution in [0.2, 0.25) is 0 Å². The minimum absolute atomic E-state index is 0.199. The minimum Gasteiger partial charge on any atom is -0.466 e. The number of carbonyl (C=O) groups excluding carboxylic acids is 1. The zero-order valence-electron chi connectivity index (χ0n) is 9.22. The first-order chi connectivity index (χ1) is 7.64. The van der Waals surface area contributed by atoms with Crippen LogP contribution in [0, 0.1) is 0 Å². The Labute approximate surface area is 93.4 Å². The number of hydrogen-bond acceptors (Lipinski definition) is 5. The van der Waals surface area contributed by atoms with Gasteiger partial charge in [-0.3, -0.25) is 4.79 Å². The molecule has 0 spiro atoms. The van der Waals surface area contributed by atoms with E-state index in [0.29, 0.717) is 25.9 Å². The van der Waals surface area contributed by atoms with Gasteiger partial charge in [-0.05, 0) is 38.4 Å². The summed E-state index contributed by atoms with van der Waals surface area (Å²) in [6.07, 6.45) is 0.741. The second kappa shape index (κ2) is 5.69. The predicted octanol–water partition coefficient (Wildman–Crippen LogP) is 0.343. The Hall–Kier alpha value is -1.30. The summed E-state index contributed by atoms with van der Waals surface area (Å²) in [4.78, 5) is 14.2. The summed E-state index contributed by atoms with van der Waals surface area (Å²) in [6, 6.07) is -1.15. The van der Waals surface area contributed by atoms with Crippen LogP contribution in [0.4, 0.5) is 0 Å². The summed E-state index contributed by atoms with van der Waals surface area (Å²) >= 11 is 0. The van der Waals surface area contributed by atoms with Crippen LogP contribution in [-0.4, -0.2) is 42.4 Å². The second-order valence-corrected chi connectivity index (χ2v) is 3.71. The Morgan fingerprint density at radius 1 is 1.69 bits per heavy atom. The number of hydrogen-bond donors (Lipinski definition) is 2. The zero-order valence-corrected chi connectivity index (χ0v) is 9.22. The van der Waals surface area contributed by atoms with Gasteiger partial charge >= 0.3 is 5.97 Å². The molecule has 7 heteroatoms. The Bertz CT molecular complexity index is 295. The zero-order chi connectivity index (χ0) is 12.0. The maximum Gasteiger partial charge on any atom is 0.317 e. The van der Waals surface area contributed by atoms with E-state index in [-0.39, 0.29) is 6.61 Å². The lowest BCUT2D eigenvalue weighted by atomic mass is 9.85. The smallest absolute Gasteiger partial charge is 0.317 e. The molecule has 1 fully saturated rings. The average molecular weight is 228 g/mol. The van der Waals surface area contributed by atoms with Gasteiger partial charge in [0.1, 0.15) is 0 Å². The molecule has 0 bridgehead atoms. The third-order valence-electron chi connectivity index (χ3n) is 2.66. The molecular weight excluding hydrogens is 212 g/mol. The molecule has 0 aromatic carbocycles. The number of aliphatic hydroxyl groups is 1. The fourth-order valence-corrected chi connectivity index (χ4v) is 1.78. The van der Waals surface area contributed by atoms with Crippen LogP contribution >= 0.6 is 0 Å². The summed E-state index contributed by atoms with van der Waals surface area (Å²) in [5.41, 5.74) is 7.13. The van der Waals surface area contributed by atoms with E-state index in [0.717, 1.165) is 0 Å². The van der Waals surface area contributed by atoms with Crippen LogP contribution in [0.25, 0.3) is 10.4 Å². The lowest BCUT2D eigenvalue weighted by molar-refractivity contribution is -0.152. The molecule has 0 saturated carbocycles. The number of esters is 1. The Morgan fingerprint density at radius 3 is 2.81 bits per heavy atom. The maximum atomic E-state index is 11.6. The summed E-state index contributed by atoms with van der Waals surface area (Å²) in [7, 11) is 0. The molecule has 90 valence electrons. The van der Waals surface area contributed by atoms with Crippen LogP contribution in [0.15, 0.2) is 5.11 Å². The van der Waals surface area contributed by atoms with E-state index in [9.17, 15) is 9.90 Å². The molecule has 0 aromatic heterocycles. The van der Waals surface area contributed by atoms with Gasteiger partial charge in [0.05, 0.1) is 12.2 Å². The number of ether oxygens (including phenoxy) is 1. The SMILES string of the molecule is CCOC(=O)C(N=[N+]=[N-])C1(O)CCNCC1. The number of nitrogens with zero attached hydrogens (tertiary/aromatic N) is 3. The third-order valence-corrected chi connectivity index (χ3v) is 2.66. The standard InChI is InChI=1S/C9H16N4O3/c1-2-16-8(14)7(12-13-10)9(15)3-5-11-6-4-9/h7,11,15H,2-6H2,1H3. The molecule has 16 heavy (non-hydrogen) atoms. The summed E-state index contributed by atoms with van der Waals surface area (Å²) in [5, 5.41) is 16.7. The second-order valence-electron chi connectivity index (χ2n) is 3.71. The van der Waals surface area contributed by atoms with Gasteiger partial charge in [0.15, 0.2) is 6.04 Å². The van der Waals surface area contributed by atoms with Crippen molar-refractivity contribution >= 4 is 5.97 Å². The topological polar surface area (TPSA) is 107 Å². The third kappa shape index (κ3) is 2.85. The van der Waals surface area contributed by atoms with Gasteiger partial charge in [0, 0.05) is 4.91 Å². The van der Waals surface area contributed by atoms with Crippen molar-refractivity contribution in [2.45, 2.75) is 31.4 Å². The van der Waals surface area contributed by atoms with Crippen molar-refractivity contribution in [3.8, 4) is 0 Å².